The average molecular weight is 383 g/mol. The van der Waals surface area contributed by atoms with Crippen molar-refractivity contribution in [1.82, 2.24) is 19.8 Å². The summed E-state index contributed by atoms with van der Waals surface area (Å²) in [5, 5.41) is 16.0. The summed E-state index contributed by atoms with van der Waals surface area (Å²) in [5.74, 6) is -0.144. The number of carbonyl (C=O) groups is 1. The number of benzene rings is 2. The first-order valence-electron chi connectivity index (χ1n) is 8.06. The van der Waals surface area contributed by atoms with Gasteiger partial charge in [-0.1, -0.05) is 35.6 Å². The van der Waals surface area contributed by atoms with Crippen LogP contribution in [0, 0.1) is 12.7 Å². The summed E-state index contributed by atoms with van der Waals surface area (Å²) in [5.41, 5.74) is 1.44. The Morgan fingerprint density at radius 3 is 2.89 bits per heavy atom. The van der Waals surface area contributed by atoms with Crippen molar-refractivity contribution in [2.45, 2.75) is 6.92 Å². The quantitative estimate of drug-likeness (QED) is 0.572. The molecule has 2 aromatic carbocycles. The number of fused-ring (bicyclic) bond motifs is 1. The fraction of sp³-hybridized carbons (Fsp3) is 0.111. The van der Waals surface area contributed by atoms with Crippen molar-refractivity contribution in [2.75, 3.05) is 11.9 Å². The Morgan fingerprint density at radius 2 is 2.07 bits per heavy atom. The molecule has 1 N–H and O–H groups in total. The van der Waals surface area contributed by atoms with E-state index in [-0.39, 0.29) is 18.3 Å². The van der Waals surface area contributed by atoms with Crippen molar-refractivity contribution < 1.29 is 13.9 Å². The van der Waals surface area contributed by atoms with Gasteiger partial charge in [0.15, 0.2) is 24.0 Å². The van der Waals surface area contributed by atoms with E-state index in [0.717, 1.165) is 10.6 Å². The number of rotatable bonds is 5. The van der Waals surface area contributed by atoms with E-state index >= 15 is 0 Å². The molecule has 0 bridgehead atoms. The normalized spacial score (nSPS) is 10.9. The topological polar surface area (TPSA) is 81.4 Å². The summed E-state index contributed by atoms with van der Waals surface area (Å²) in [6, 6.07) is 13.2. The summed E-state index contributed by atoms with van der Waals surface area (Å²) in [7, 11) is 0. The second-order valence-electron chi connectivity index (χ2n) is 5.70. The first kappa shape index (κ1) is 17.1. The summed E-state index contributed by atoms with van der Waals surface area (Å²) in [6.07, 6.45) is 0. The first-order chi connectivity index (χ1) is 13.1. The van der Waals surface area contributed by atoms with Crippen LogP contribution in [-0.2, 0) is 4.79 Å². The molecule has 27 heavy (non-hydrogen) atoms. The Balaban J connectivity index is 1.46. The number of nitrogens with zero attached hydrogens (tertiary/aromatic N) is 4. The van der Waals surface area contributed by atoms with Crippen LogP contribution in [-0.4, -0.2) is 32.3 Å². The molecule has 1 amide bonds. The fourth-order valence-corrected chi connectivity index (χ4v) is 3.34. The lowest BCUT2D eigenvalue weighted by Gasteiger charge is -2.08. The molecule has 4 rings (SSSR count). The predicted molar refractivity (Wildman–Crippen MR) is 99.4 cm³/mol. The van der Waals surface area contributed by atoms with Crippen molar-refractivity contribution in [3.63, 3.8) is 0 Å². The number of ether oxygens (including phenoxy) is 1. The van der Waals surface area contributed by atoms with Crippen LogP contribution >= 0.6 is 11.3 Å². The zero-order valence-corrected chi connectivity index (χ0v) is 15.0. The van der Waals surface area contributed by atoms with Crippen LogP contribution in [0.1, 0.15) is 5.82 Å². The molecule has 0 fully saturated rings. The van der Waals surface area contributed by atoms with Crippen molar-refractivity contribution >= 4 is 27.9 Å². The van der Waals surface area contributed by atoms with Gasteiger partial charge in [0, 0.05) is 11.3 Å². The molecule has 0 atom stereocenters. The van der Waals surface area contributed by atoms with Crippen LogP contribution in [0.2, 0.25) is 0 Å². The van der Waals surface area contributed by atoms with Crippen molar-refractivity contribution in [1.29, 1.82) is 0 Å². The summed E-state index contributed by atoms with van der Waals surface area (Å²) in [4.78, 5) is 12.8. The maximum absolute atomic E-state index is 13.5. The molecular weight excluding hydrogens is 369 g/mol. The highest BCUT2D eigenvalue weighted by Gasteiger charge is 2.12. The van der Waals surface area contributed by atoms with Gasteiger partial charge < -0.3 is 10.1 Å². The molecule has 0 saturated carbocycles. The predicted octanol–water partition coefficient (Wildman–Crippen LogP) is 3.32. The molecule has 0 unspecified atom stereocenters. The van der Waals surface area contributed by atoms with Gasteiger partial charge in [0.2, 0.25) is 4.96 Å². The van der Waals surface area contributed by atoms with Crippen LogP contribution in [0.25, 0.3) is 15.5 Å². The van der Waals surface area contributed by atoms with Crippen molar-refractivity contribution in [2.24, 2.45) is 0 Å². The van der Waals surface area contributed by atoms with Crippen LogP contribution in [0.15, 0.2) is 48.5 Å². The summed E-state index contributed by atoms with van der Waals surface area (Å²) < 4.78 is 20.4. The minimum atomic E-state index is -0.508. The van der Waals surface area contributed by atoms with E-state index in [4.69, 9.17) is 4.74 Å². The number of aromatic nitrogens is 4. The molecule has 136 valence electrons. The molecule has 7 nitrogen and oxygen atoms in total. The maximum atomic E-state index is 13.5. The molecule has 9 heteroatoms. The van der Waals surface area contributed by atoms with Crippen molar-refractivity contribution in [3.8, 4) is 16.3 Å². The Bertz CT molecular complexity index is 1120. The fourth-order valence-electron chi connectivity index (χ4n) is 2.46. The number of para-hydroxylation sites is 1. The highest BCUT2D eigenvalue weighted by molar-refractivity contribution is 7.19. The number of amides is 1. The molecule has 0 aliphatic carbocycles. The van der Waals surface area contributed by atoms with Gasteiger partial charge in [-0.05, 0) is 31.2 Å². The minimum absolute atomic E-state index is 0.0384. The van der Waals surface area contributed by atoms with Crippen LogP contribution in [0.3, 0.4) is 0 Å². The SMILES string of the molecule is Cc1nnc2sc(-c3cccc(NC(=O)COc4ccccc4F)c3)nn12. The lowest BCUT2D eigenvalue weighted by atomic mass is 10.2. The molecule has 0 saturated heterocycles. The molecule has 4 aromatic rings. The Hall–Kier alpha value is -3.33. The molecule has 0 aliphatic heterocycles. The van der Waals surface area contributed by atoms with E-state index in [1.54, 1.807) is 22.7 Å². The van der Waals surface area contributed by atoms with Gasteiger partial charge >= 0.3 is 0 Å². The zero-order valence-electron chi connectivity index (χ0n) is 14.2. The second kappa shape index (κ2) is 7.12. The van der Waals surface area contributed by atoms with E-state index in [2.05, 4.69) is 20.6 Å². The Kier molecular flexibility index (Phi) is 4.51. The minimum Gasteiger partial charge on any atom is -0.481 e. The van der Waals surface area contributed by atoms with Gasteiger partial charge in [-0.3, -0.25) is 4.79 Å². The van der Waals surface area contributed by atoms with Gasteiger partial charge in [-0.25, -0.2) is 4.39 Å². The monoisotopic (exact) mass is 383 g/mol. The van der Waals surface area contributed by atoms with Gasteiger partial charge in [0.05, 0.1) is 0 Å². The highest BCUT2D eigenvalue weighted by Crippen LogP contribution is 2.27. The Labute approximate surface area is 157 Å². The van der Waals surface area contributed by atoms with E-state index in [1.165, 1.54) is 23.5 Å². The van der Waals surface area contributed by atoms with Crippen LogP contribution < -0.4 is 10.1 Å². The molecule has 2 heterocycles. The molecular formula is C18H14FN5O2S. The smallest absolute Gasteiger partial charge is 0.262 e. The summed E-state index contributed by atoms with van der Waals surface area (Å²) >= 11 is 1.41. The number of anilines is 1. The number of carbonyl (C=O) groups excluding carboxylic acids is 1. The van der Waals surface area contributed by atoms with Crippen LogP contribution in [0.5, 0.6) is 5.75 Å². The van der Waals surface area contributed by atoms with Crippen molar-refractivity contribution in [3.05, 3.63) is 60.2 Å². The van der Waals surface area contributed by atoms with E-state index in [1.807, 2.05) is 25.1 Å². The maximum Gasteiger partial charge on any atom is 0.262 e. The third-order valence-corrected chi connectivity index (χ3v) is 4.68. The number of hydrogen-bond acceptors (Lipinski definition) is 6. The molecule has 2 aromatic heterocycles. The Morgan fingerprint density at radius 1 is 1.22 bits per heavy atom. The largest absolute Gasteiger partial charge is 0.481 e. The lowest BCUT2D eigenvalue weighted by molar-refractivity contribution is -0.118. The molecule has 0 radical (unpaired) electrons. The molecule has 0 aliphatic rings. The molecule has 0 spiro atoms. The van der Waals surface area contributed by atoms with E-state index < -0.39 is 5.82 Å². The lowest BCUT2D eigenvalue weighted by Crippen LogP contribution is -2.20. The van der Waals surface area contributed by atoms with E-state index in [0.29, 0.717) is 16.5 Å². The van der Waals surface area contributed by atoms with E-state index in [9.17, 15) is 9.18 Å². The highest BCUT2D eigenvalue weighted by atomic mass is 32.1. The number of halogens is 1. The third kappa shape index (κ3) is 3.63. The number of hydrogen-bond donors (Lipinski definition) is 1. The first-order valence-corrected chi connectivity index (χ1v) is 8.88. The average Bonchev–Trinajstić information content (AvgIpc) is 3.24. The zero-order chi connectivity index (χ0) is 18.8. The standard InChI is InChI=1S/C18H14FN5O2S/c1-11-21-22-18-24(11)23-17(27-18)12-5-4-6-13(9-12)20-16(25)10-26-15-8-3-2-7-14(15)19/h2-9H,10H2,1H3,(H,20,25). The number of aryl methyl sites for hydroxylation is 1. The van der Waals surface area contributed by atoms with Gasteiger partial charge in [0.1, 0.15) is 5.01 Å². The third-order valence-electron chi connectivity index (χ3n) is 3.74. The van der Waals surface area contributed by atoms with Crippen LogP contribution in [0.4, 0.5) is 10.1 Å². The second-order valence-corrected chi connectivity index (χ2v) is 6.65. The summed E-state index contributed by atoms with van der Waals surface area (Å²) in [6.45, 7) is 1.54. The number of nitrogens with one attached hydrogen (secondary N) is 1. The van der Waals surface area contributed by atoms with Gasteiger partial charge in [0.25, 0.3) is 5.91 Å². The van der Waals surface area contributed by atoms with Gasteiger partial charge in [-0.15, -0.1) is 10.2 Å². The van der Waals surface area contributed by atoms with Gasteiger partial charge in [-0.2, -0.15) is 9.61 Å².